The minimum Gasteiger partial charge on any atom is -0.493 e. The zero-order valence-electron chi connectivity index (χ0n) is 18.0. The first-order valence-electron chi connectivity index (χ1n) is 11.3. The molecule has 1 atom stereocenters. The number of fused-ring (bicyclic) bond motifs is 1. The first kappa shape index (κ1) is 20.2. The Labute approximate surface area is 175 Å². The number of hydrogen-bond donors (Lipinski definition) is 1. The summed E-state index contributed by atoms with van der Waals surface area (Å²) in [5.41, 5.74) is 10.9. The number of hydrogen-bond acceptors (Lipinski definition) is 4. The molecular formula is C25H35N3O. The SMILES string of the molecule is CC(C)CN1CCCC(COc2ccc(-c3cccc(N)n3)c3c2CCCC3)C1. The fraction of sp³-hybridized carbons (Fsp3) is 0.560. The number of pyridine rings is 1. The van der Waals surface area contributed by atoms with Crippen LogP contribution in [0.5, 0.6) is 5.75 Å². The summed E-state index contributed by atoms with van der Waals surface area (Å²) in [5, 5.41) is 0. The zero-order chi connectivity index (χ0) is 20.2. The largest absolute Gasteiger partial charge is 0.493 e. The van der Waals surface area contributed by atoms with Gasteiger partial charge in [-0.25, -0.2) is 4.98 Å². The molecule has 0 spiro atoms. The highest BCUT2D eigenvalue weighted by Crippen LogP contribution is 2.37. The van der Waals surface area contributed by atoms with Crippen molar-refractivity contribution in [3.63, 3.8) is 0 Å². The molecule has 2 aliphatic rings. The van der Waals surface area contributed by atoms with Crippen LogP contribution in [0.3, 0.4) is 0 Å². The van der Waals surface area contributed by atoms with Gasteiger partial charge >= 0.3 is 0 Å². The number of nitrogen functional groups attached to an aromatic ring is 1. The summed E-state index contributed by atoms with van der Waals surface area (Å²) in [7, 11) is 0. The summed E-state index contributed by atoms with van der Waals surface area (Å²) in [6.07, 6.45) is 7.25. The van der Waals surface area contributed by atoms with Crippen molar-refractivity contribution in [3.05, 3.63) is 41.5 Å². The number of anilines is 1. The third kappa shape index (κ3) is 4.92. The van der Waals surface area contributed by atoms with Crippen molar-refractivity contribution in [1.82, 2.24) is 9.88 Å². The Hall–Kier alpha value is -2.07. The second-order valence-electron chi connectivity index (χ2n) is 9.20. The van der Waals surface area contributed by atoms with Gasteiger partial charge in [0.2, 0.25) is 0 Å². The molecule has 1 unspecified atom stereocenters. The van der Waals surface area contributed by atoms with E-state index in [4.69, 9.17) is 10.5 Å². The number of nitrogens with zero attached hydrogens (tertiary/aromatic N) is 2. The summed E-state index contributed by atoms with van der Waals surface area (Å²) in [5.74, 6) is 3.04. The average molecular weight is 394 g/mol. The molecule has 1 aromatic heterocycles. The van der Waals surface area contributed by atoms with Crippen molar-refractivity contribution in [2.45, 2.75) is 52.4 Å². The molecule has 0 radical (unpaired) electrons. The fourth-order valence-electron chi connectivity index (χ4n) is 4.99. The Morgan fingerprint density at radius 1 is 1.10 bits per heavy atom. The summed E-state index contributed by atoms with van der Waals surface area (Å²) >= 11 is 0. The Bertz CT molecular complexity index is 833. The Kier molecular flexibility index (Phi) is 6.39. The van der Waals surface area contributed by atoms with Gasteiger partial charge in [-0.3, -0.25) is 0 Å². The molecule has 1 aromatic carbocycles. The molecular weight excluding hydrogens is 358 g/mol. The van der Waals surface area contributed by atoms with Crippen molar-refractivity contribution in [2.24, 2.45) is 11.8 Å². The van der Waals surface area contributed by atoms with Crippen LogP contribution in [0.25, 0.3) is 11.3 Å². The van der Waals surface area contributed by atoms with Crippen molar-refractivity contribution in [2.75, 3.05) is 32.0 Å². The molecule has 156 valence electrons. The highest BCUT2D eigenvalue weighted by molar-refractivity contribution is 5.69. The number of rotatable bonds is 6. The second-order valence-corrected chi connectivity index (χ2v) is 9.20. The number of ether oxygens (including phenoxy) is 1. The monoisotopic (exact) mass is 393 g/mol. The summed E-state index contributed by atoms with van der Waals surface area (Å²) in [4.78, 5) is 7.18. The van der Waals surface area contributed by atoms with Gasteiger partial charge in [0.25, 0.3) is 0 Å². The lowest BCUT2D eigenvalue weighted by Crippen LogP contribution is -2.39. The smallest absolute Gasteiger partial charge is 0.124 e. The first-order valence-corrected chi connectivity index (χ1v) is 11.3. The molecule has 0 saturated carbocycles. The number of benzene rings is 1. The molecule has 0 amide bonds. The number of aromatic nitrogens is 1. The maximum Gasteiger partial charge on any atom is 0.124 e. The van der Waals surface area contributed by atoms with Gasteiger partial charge in [-0.15, -0.1) is 0 Å². The maximum atomic E-state index is 6.44. The number of likely N-dealkylation sites (tertiary alicyclic amines) is 1. The summed E-state index contributed by atoms with van der Waals surface area (Å²) in [6.45, 7) is 9.06. The third-order valence-electron chi connectivity index (χ3n) is 6.24. The first-order chi connectivity index (χ1) is 14.1. The highest BCUT2D eigenvalue weighted by atomic mass is 16.5. The highest BCUT2D eigenvalue weighted by Gasteiger charge is 2.23. The van der Waals surface area contributed by atoms with Crippen molar-refractivity contribution in [1.29, 1.82) is 0 Å². The Morgan fingerprint density at radius 2 is 1.93 bits per heavy atom. The molecule has 1 saturated heterocycles. The minimum atomic E-state index is 0.579. The lowest BCUT2D eigenvalue weighted by atomic mass is 9.86. The van der Waals surface area contributed by atoms with E-state index in [1.54, 1.807) is 0 Å². The molecule has 0 bridgehead atoms. The molecule has 4 rings (SSSR count). The minimum absolute atomic E-state index is 0.579. The quantitative estimate of drug-likeness (QED) is 0.754. The molecule has 29 heavy (non-hydrogen) atoms. The lowest BCUT2D eigenvalue weighted by Gasteiger charge is -2.34. The standard InChI is InChI=1S/C25H35N3O/c1-18(2)15-28-14-6-7-19(16-28)17-29-24-13-12-21(20-8-3-4-9-22(20)24)23-10-5-11-25(26)27-23/h5,10-13,18-19H,3-4,6-9,14-17H2,1-2H3,(H2,26,27). The lowest BCUT2D eigenvalue weighted by molar-refractivity contribution is 0.120. The van der Waals surface area contributed by atoms with E-state index in [0.717, 1.165) is 36.8 Å². The van der Waals surface area contributed by atoms with Gasteiger partial charge in [0.05, 0.1) is 12.3 Å². The van der Waals surface area contributed by atoms with E-state index >= 15 is 0 Å². The molecule has 4 nitrogen and oxygen atoms in total. The summed E-state index contributed by atoms with van der Waals surface area (Å²) < 4.78 is 6.44. The normalized spacial score (nSPS) is 19.9. The molecule has 2 aromatic rings. The van der Waals surface area contributed by atoms with Crippen molar-refractivity contribution >= 4 is 5.82 Å². The van der Waals surface area contributed by atoms with Gasteiger partial charge in [0.1, 0.15) is 11.6 Å². The zero-order valence-corrected chi connectivity index (χ0v) is 18.0. The van der Waals surface area contributed by atoms with Crippen LogP contribution in [-0.2, 0) is 12.8 Å². The topological polar surface area (TPSA) is 51.4 Å². The van der Waals surface area contributed by atoms with E-state index in [9.17, 15) is 0 Å². The molecule has 2 heterocycles. The Balaban J connectivity index is 1.50. The van der Waals surface area contributed by atoms with Gasteiger partial charge in [0.15, 0.2) is 0 Å². The van der Waals surface area contributed by atoms with E-state index in [1.165, 1.54) is 62.0 Å². The van der Waals surface area contributed by atoms with Gasteiger partial charge in [-0.1, -0.05) is 19.9 Å². The van der Waals surface area contributed by atoms with Crippen molar-refractivity contribution in [3.8, 4) is 17.0 Å². The van der Waals surface area contributed by atoms with Crippen LogP contribution < -0.4 is 10.5 Å². The average Bonchev–Trinajstić information content (AvgIpc) is 2.72. The van der Waals surface area contributed by atoms with Crippen LogP contribution in [0.4, 0.5) is 5.82 Å². The van der Waals surface area contributed by atoms with E-state index < -0.39 is 0 Å². The van der Waals surface area contributed by atoms with Crippen LogP contribution >= 0.6 is 0 Å². The predicted octanol–water partition coefficient (Wildman–Crippen LogP) is 4.96. The molecule has 4 heteroatoms. The molecule has 1 aliphatic heterocycles. The van der Waals surface area contributed by atoms with E-state index in [2.05, 4.69) is 41.9 Å². The van der Waals surface area contributed by atoms with Crippen LogP contribution in [0.2, 0.25) is 0 Å². The molecule has 1 aliphatic carbocycles. The van der Waals surface area contributed by atoms with Crippen molar-refractivity contribution < 1.29 is 4.74 Å². The molecule has 1 fully saturated rings. The third-order valence-corrected chi connectivity index (χ3v) is 6.24. The van der Waals surface area contributed by atoms with Gasteiger partial charge in [-0.05, 0) is 86.4 Å². The molecule has 2 N–H and O–H groups in total. The van der Waals surface area contributed by atoms with Gasteiger partial charge in [0, 0.05) is 24.6 Å². The van der Waals surface area contributed by atoms with Crippen LogP contribution in [0, 0.1) is 11.8 Å². The van der Waals surface area contributed by atoms with Gasteiger partial charge in [-0.2, -0.15) is 0 Å². The van der Waals surface area contributed by atoms with E-state index in [1.807, 2.05) is 12.1 Å². The maximum absolute atomic E-state index is 6.44. The summed E-state index contributed by atoms with van der Waals surface area (Å²) in [6, 6.07) is 10.3. The van der Waals surface area contributed by atoms with Crippen LogP contribution in [0.1, 0.15) is 50.7 Å². The Morgan fingerprint density at radius 3 is 2.72 bits per heavy atom. The second kappa shape index (κ2) is 9.17. The fourth-order valence-corrected chi connectivity index (χ4v) is 4.99. The number of nitrogens with two attached hydrogens (primary N) is 1. The van der Waals surface area contributed by atoms with Crippen LogP contribution in [-0.4, -0.2) is 36.1 Å². The van der Waals surface area contributed by atoms with E-state index in [0.29, 0.717) is 11.7 Å². The van der Waals surface area contributed by atoms with E-state index in [-0.39, 0.29) is 0 Å². The number of piperidine rings is 1. The predicted molar refractivity (Wildman–Crippen MR) is 120 cm³/mol. The van der Waals surface area contributed by atoms with Crippen LogP contribution in [0.15, 0.2) is 30.3 Å². The van der Waals surface area contributed by atoms with Gasteiger partial charge < -0.3 is 15.4 Å².